The number of unbranched alkanes of at least 4 members (excludes halogenated alkanes) is 2. The molecule has 0 radical (unpaired) electrons. The summed E-state index contributed by atoms with van der Waals surface area (Å²) in [6.45, 7) is 3.28. The highest BCUT2D eigenvalue weighted by Crippen LogP contribution is 2.16. The molecule has 0 aromatic heterocycles. The summed E-state index contributed by atoms with van der Waals surface area (Å²) in [5.41, 5.74) is 0.729. The molecule has 10 nitrogen and oxygen atoms in total. The molecule has 0 saturated carbocycles. The molecule has 1 aromatic rings. The van der Waals surface area contributed by atoms with Gasteiger partial charge in [0.25, 0.3) is 17.7 Å². The van der Waals surface area contributed by atoms with E-state index in [2.05, 4.69) is 4.90 Å². The first-order valence-corrected chi connectivity index (χ1v) is 11.4. The Balaban J connectivity index is 1.33. The highest BCUT2D eigenvalue weighted by atomic mass is 16.7. The first-order chi connectivity index (χ1) is 16.4. The lowest BCUT2D eigenvalue weighted by Crippen LogP contribution is -2.49. The number of nitrogens with zero attached hydrogens (tertiary/aromatic N) is 4. The Hall–Kier alpha value is -3.71. The molecule has 34 heavy (non-hydrogen) atoms. The van der Waals surface area contributed by atoms with E-state index < -0.39 is 17.8 Å². The van der Waals surface area contributed by atoms with Crippen LogP contribution in [0.4, 0.5) is 0 Å². The highest BCUT2D eigenvalue weighted by Gasteiger charge is 2.32. The molecule has 10 heteroatoms. The molecule has 180 valence electrons. The molecule has 0 aliphatic carbocycles. The van der Waals surface area contributed by atoms with Crippen molar-refractivity contribution in [2.75, 3.05) is 32.7 Å². The lowest BCUT2D eigenvalue weighted by molar-refractivity contribution is -0.197. The van der Waals surface area contributed by atoms with E-state index in [9.17, 15) is 29.5 Å². The van der Waals surface area contributed by atoms with E-state index in [1.165, 1.54) is 18.2 Å². The van der Waals surface area contributed by atoms with Crippen molar-refractivity contribution < 1.29 is 29.1 Å². The molecule has 1 aromatic carbocycles. The molecule has 2 saturated heterocycles. The van der Waals surface area contributed by atoms with E-state index in [0.29, 0.717) is 43.2 Å². The molecule has 2 aliphatic rings. The van der Waals surface area contributed by atoms with Crippen LogP contribution in [0.15, 0.2) is 29.8 Å². The van der Waals surface area contributed by atoms with Crippen LogP contribution >= 0.6 is 0 Å². The second-order valence-electron chi connectivity index (χ2n) is 8.25. The zero-order valence-corrected chi connectivity index (χ0v) is 18.9. The number of carbonyl (C=O) groups is 4. The van der Waals surface area contributed by atoms with Gasteiger partial charge < -0.3 is 14.8 Å². The second kappa shape index (κ2) is 12.0. The molecule has 1 N–H and O–H groups in total. The number of phenols is 1. The van der Waals surface area contributed by atoms with Crippen molar-refractivity contribution in [1.29, 1.82) is 5.26 Å². The van der Waals surface area contributed by atoms with Crippen molar-refractivity contribution in [3.8, 4) is 11.8 Å². The zero-order valence-electron chi connectivity index (χ0n) is 18.9. The predicted octanol–water partition coefficient (Wildman–Crippen LogP) is 1.61. The van der Waals surface area contributed by atoms with Crippen molar-refractivity contribution in [2.45, 2.75) is 38.5 Å². The van der Waals surface area contributed by atoms with E-state index in [0.717, 1.165) is 19.4 Å². The fourth-order valence-electron chi connectivity index (χ4n) is 3.81. The molecule has 0 spiro atoms. The smallest absolute Gasteiger partial charge is 0.333 e. The summed E-state index contributed by atoms with van der Waals surface area (Å²) in [4.78, 5) is 56.2. The Morgan fingerprint density at radius 1 is 1.00 bits per heavy atom. The topological polar surface area (TPSA) is 131 Å². The molecule has 0 unspecified atom stereocenters. The van der Waals surface area contributed by atoms with Gasteiger partial charge in [-0.3, -0.25) is 19.3 Å². The van der Waals surface area contributed by atoms with Gasteiger partial charge in [0.2, 0.25) is 0 Å². The average Bonchev–Trinajstić information content (AvgIpc) is 3.15. The first-order valence-electron chi connectivity index (χ1n) is 11.4. The maximum absolute atomic E-state index is 12.7. The van der Waals surface area contributed by atoms with Crippen LogP contribution in [0.5, 0.6) is 5.75 Å². The number of hydroxylamine groups is 2. The molecule has 0 atom stereocenters. The summed E-state index contributed by atoms with van der Waals surface area (Å²) < 4.78 is 0. The second-order valence-corrected chi connectivity index (χ2v) is 8.25. The SMILES string of the molecule is N#CC(=Cc1ccc(O)cc1)C(=O)N1CCN(CCCCCC(=O)ON2C(=O)CCC2=O)CC1. The number of nitriles is 1. The molecule has 2 fully saturated rings. The molecule has 2 aliphatic heterocycles. The largest absolute Gasteiger partial charge is 0.508 e. The normalized spacial score (nSPS) is 17.1. The van der Waals surface area contributed by atoms with Crippen molar-refractivity contribution in [3.05, 3.63) is 35.4 Å². The number of hydrogen-bond acceptors (Lipinski definition) is 8. The number of carbonyl (C=O) groups excluding carboxylic acids is 4. The summed E-state index contributed by atoms with van der Waals surface area (Å²) in [7, 11) is 0. The Kier molecular flexibility index (Phi) is 8.76. The third kappa shape index (κ3) is 6.89. The molecule has 3 amide bonds. The van der Waals surface area contributed by atoms with E-state index in [4.69, 9.17) is 4.84 Å². The summed E-state index contributed by atoms with van der Waals surface area (Å²) in [5, 5.41) is 19.3. The van der Waals surface area contributed by atoms with Gasteiger partial charge in [-0.05, 0) is 43.2 Å². The van der Waals surface area contributed by atoms with Gasteiger partial charge >= 0.3 is 5.97 Å². The van der Waals surface area contributed by atoms with Crippen molar-refractivity contribution >= 4 is 29.8 Å². The van der Waals surface area contributed by atoms with Crippen molar-refractivity contribution in [3.63, 3.8) is 0 Å². The number of benzene rings is 1. The fourth-order valence-corrected chi connectivity index (χ4v) is 3.81. The van der Waals surface area contributed by atoms with Crippen LogP contribution < -0.4 is 0 Å². The number of imide groups is 1. The Labute approximate surface area is 197 Å². The van der Waals surface area contributed by atoms with Crippen LogP contribution in [-0.2, 0) is 24.0 Å². The molecule has 0 bridgehead atoms. The lowest BCUT2D eigenvalue weighted by Gasteiger charge is -2.34. The minimum atomic E-state index is -0.579. The average molecular weight is 469 g/mol. The third-order valence-corrected chi connectivity index (χ3v) is 5.77. The number of aromatic hydroxyl groups is 1. The quantitative estimate of drug-likeness (QED) is 0.250. The van der Waals surface area contributed by atoms with E-state index in [-0.39, 0.29) is 36.5 Å². The van der Waals surface area contributed by atoms with Crippen LogP contribution in [-0.4, -0.2) is 76.4 Å². The number of rotatable bonds is 9. The Morgan fingerprint density at radius 3 is 2.26 bits per heavy atom. The van der Waals surface area contributed by atoms with Gasteiger partial charge in [0.15, 0.2) is 0 Å². The molecular weight excluding hydrogens is 440 g/mol. The summed E-state index contributed by atoms with van der Waals surface area (Å²) in [6.07, 6.45) is 4.09. The zero-order chi connectivity index (χ0) is 24.5. The van der Waals surface area contributed by atoms with Crippen LogP contribution in [0.1, 0.15) is 44.1 Å². The summed E-state index contributed by atoms with van der Waals surface area (Å²) in [5.74, 6) is -1.72. The van der Waals surface area contributed by atoms with Gasteiger partial charge in [-0.2, -0.15) is 5.26 Å². The maximum atomic E-state index is 12.7. The number of amides is 3. The van der Waals surface area contributed by atoms with Crippen LogP contribution in [0, 0.1) is 11.3 Å². The molecule has 2 heterocycles. The maximum Gasteiger partial charge on any atom is 0.333 e. The number of phenolic OH excluding ortho intramolecular Hbond substituents is 1. The van der Waals surface area contributed by atoms with Gasteiger partial charge in [-0.1, -0.05) is 18.6 Å². The standard InChI is InChI=1S/C24H28N4O6/c25-17-19(16-18-5-7-20(29)8-6-18)24(33)27-14-12-26(13-15-27)11-3-1-2-4-23(32)34-28-21(30)9-10-22(28)31/h5-8,16,29H,1-4,9-15H2. The van der Waals surface area contributed by atoms with Crippen LogP contribution in [0.2, 0.25) is 0 Å². The van der Waals surface area contributed by atoms with Crippen molar-refractivity contribution in [1.82, 2.24) is 14.9 Å². The van der Waals surface area contributed by atoms with Gasteiger partial charge in [-0.15, -0.1) is 5.06 Å². The molecule has 3 rings (SSSR count). The first kappa shape index (κ1) is 24.9. The summed E-state index contributed by atoms with van der Waals surface area (Å²) >= 11 is 0. The van der Waals surface area contributed by atoms with Gasteiger partial charge in [0.1, 0.15) is 17.4 Å². The van der Waals surface area contributed by atoms with E-state index in [1.807, 2.05) is 6.07 Å². The Morgan fingerprint density at radius 2 is 1.65 bits per heavy atom. The monoisotopic (exact) mass is 468 g/mol. The number of piperazine rings is 1. The van der Waals surface area contributed by atoms with Crippen molar-refractivity contribution in [2.24, 2.45) is 0 Å². The highest BCUT2D eigenvalue weighted by molar-refractivity contribution is 6.02. The predicted molar refractivity (Wildman–Crippen MR) is 120 cm³/mol. The lowest BCUT2D eigenvalue weighted by atomic mass is 10.1. The third-order valence-electron chi connectivity index (χ3n) is 5.77. The minimum Gasteiger partial charge on any atom is -0.508 e. The van der Waals surface area contributed by atoms with Gasteiger partial charge in [0, 0.05) is 45.4 Å². The fraction of sp³-hybridized carbons (Fsp3) is 0.458. The van der Waals surface area contributed by atoms with E-state index in [1.54, 1.807) is 17.0 Å². The van der Waals surface area contributed by atoms with Gasteiger partial charge in [0.05, 0.1) is 0 Å². The minimum absolute atomic E-state index is 0.0587. The van der Waals surface area contributed by atoms with Gasteiger partial charge in [-0.25, -0.2) is 4.79 Å². The number of hydrogen-bond donors (Lipinski definition) is 1. The van der Waals surface area contributed by atoms with E-state index >= 15 is 0 Å². The summed E-state index contributed by atoms with van der Waals surface area (Å²) in [6, 6.07) is 8.26. The van der Waals surface area contributed by atoms with Crippen LogP contribution in [0.25, 0.3) is 6.08 Å². The molecular formula is C24H28N4O6. The van der Waals surface area contributed by atoms with Crippen LogP contribution in [0.3, 0.4) is 0 Å². The Bertz CT molecular complexity index is 974.